The van der Waals surface area contributed by atoms with E-state index in [2.05, 4.69) is 37.5 Å². The summed E-state index contributed by atoms with van der Waals surface area (Å²) in [5, 5.41) is 5.79. The van der Waals surface area contributed by atoms with Gasteiger partial charge in [0.1, 0.15) is 30.0 Å². The van der Waals surface area contributed by atoms with E-state index in [0.717, 1.165) is 38.5 Å². The summed E-state index contributed by atoms with van der Waals surface area (Å²) in [6, 6.07) is -0.0265. The van der Waals surface area contributed by atoms with Crippen LogP contribution in [0.15, 0.2) is 11.6 Å². The van der Waals surface area contributed by atoms with Gasteiger partial charge in [0.2, 0.25) is 5.91 Å². The molecular weight excluding hydrogens is 457 g/mol. The van der Waals surface area contributed by atoms with Crippen LogP contribution < -0.4 is 16.2 Å². The molecule has 2 heterocycles. The van der Waals surface area contributed by atoms with Gasteiger partial charge in [0.15, 0.2) is 0 Å². The van der Waals surface area contributed by atoms with Gasteiger partial charge in [-0.25, -0.2) is 4.79 Å². The van der Waals surface area contributed by atoms with Crippen molar-refractivity contribution in [1.82, 2.24) is 16.2 Å². The van der Waals surface area contributed by atoms with Crippen LogP contribution in [0.4, 0.5) is 9.28 Å². The molecule has 0 radical (unpaired) electrons. The summed E-state index contributed by atoms with van der Waals surface area (Å²) in [5.41, 5.74) is 1.99. The number of hydrogen-bond donors (Lipinski definition) is 3. The maximum absolute atomic E-state index is 12.8. The molecule has 0 bridgehead atoms. The van der Waals surface area contributed by atoms with Crippen LogP contribution in [0.1, 0.15) is 65.7 Å². The summed E-state index contributed by atoms with van der Waals surface area (Å²) in [5.74, 6) is -0.380. The fraction of sp³-hybridized carbons (Fsp3) is 0.840. The molecule has 10 heteroatoms. The standard InChI is InChI=1S/C25H40FN3O6/c1-15(2)5-10-19-24(3,35-19)22-21(32-4)18(11-12-25(22)14-33-25)34-23(31)29-17-8-6-16(7-9-17)28-20(30)13-27-26/h5,16-19,21-22,27H,6-14H2,1-4H3,(H,28,30)(H,29,31)/t16?,17?,18-,19+,21?,22?,24-,25-/m0/s1. The second-order valence-corrected chi connectivity index (χ2v) is 10.9. The van der Waals surface area contributed by atoms with Gasteiger partial charge in [0.25, 0.3) is 0 Å². The van der Waals surface area contributed by atoms with Gasteiger partial charge in [0.05, 0.1) is 18.6 Å². The Morgan fingerprint density at radius 3 is 2.34 bits per heavy atom. The van der Waals surface area contributed by atoms with Crippen LogP contribution in [-0.4, -0.2) is 73.9 Å². The van der Waals surface area contributed by atoms with Gasteiger partial charge in [0, 0.05) is 19.2 Å². The number of rotatable bonds is 9. The van der Waals surface area contributed by atoms with E-state index in [9.17, 15) is 14.1 Å². The predicted octanol–water partition coefficient (Wildman–Crippen LogP) is 2.69. The molecule has 2 unspecified atom stereocenters. The number of hydrogen-bond acceptors (Lipinski definition) is 7. The van der Waals surface area contributed by atoms with E-state index in [-0.39, 0.29) is 60.0 Å². The number of ether oxygens (including phenoxy) is 4. The Labute approximate surface area is 206 Å². The molecule has 0 aromatic rings. The Morgan fingerprint density at radius 1 is 1.11 bits per heavy atom. The van der Waals surface area contributed by atoms with Crippen molar-refractivity contribution in [2.24, 2.45) is 5.92 Å². The van der Waals surface area contributed by atoms with Crippen molar-refractivity contribution in [2.75, 3.05) is 20.3 Å². The summed E-state index contributed by atoms with van der Waals surface area (Å²) in [7, 11) is 1.66. The second-order valence-electron chi connectivity index (χ2n) is 10.9. The Balaban J connectivity index is 1.30. The monoisotopic (exact) mass is 497 g/mol. The number of epoxide rings is 2. The molecule has 2 aliphatic carbocycles. The normalized spacial score (nSPS) is 40.0. The van der Waals surface area contributed by atoms with Gasteiger partial charge in [-0.3, -0.25) is 4.79 Å². The quantitative estimate of drug-likeness (QED) is 0.255. The van der Waals surface area contributed by atoms with Crippen LogP contribution in [0.25, 0.3) is 0 Å². The third-order valence-electron chi connectivity index (χ3n) is 8.14. The lowest BCUT2D eigenvalue weighted by Crippen LogP contribution is -2.56. The molecule has 4 aliphatic rings. The van der Waals surface area contributed by atoms with Crippen molar-refractivity contribution in [3.8, 4) is 0 Å². The lowest BCUT2D eigenvalue weighted by molar-refractivity contribution is -0.121. The number of nitrogens with one attached hydrogen (secondary N) is 3. The first kappa shape index (κ1) is 26.3. The van der Waals surface area contributed by atoms with Crippen molar-refractivity contribution in [1.29, 1.82) is 0 Å². The Hall–Kier alpha value is -1.75. The lowest BCUT2D eigenvalue weighted by Gasteiger charge is -2.42. The van der Waals surface area contributed by atoms with Gasteiger partial charge in [-0.05, 0) is 65.7 Å². The summed E-state index contributed by atoms with van der Waals surface area (Å²) >= 11 is 0. The van der Waals surface area contributed by atoms with E-state index in [1.165, 1.54) is 11.1 Å². The number of halogens is 1. The van der Waals surface area contributed by atoms with Gasteiger partial charge in [-0.2, -0.15) is 0 Å². The highest BCUT2D eigenvalue weighted by atomic mass is 19.2. The number of allylic oxidation sites excluding steroid dienone is 1. The number of alkyl carbamates (subject to hydrolysis) is 1. The average molecular weight is 498 g/mol. The molecule has 2 saturated heterocycles. The SMILES string of the molecule is COC1C([C@@]2(C)O[C@@H]2CC=C(C)C)[C@]2(CC[C@@H]1OC(=O)NC1CCC(NC(=O)CNF)CC1)CO2. The zero-order valence-corrected chi connectivity index (χ0v) is 21.2. The number of carbonyl (C=O) groups is 2. The molecule has 4 fully saturated rings. The minimum atomic E-state index is -0.444. The molecule has 2 amide bonds. The predicted molar refractivity (Wildman–Crippen MR) is 126 cm³/mol. The third kappa shape index (κ3) is 5.98. The van der Waals surface area contributed by atoms with Gasteiger partial charge >= 0.3 is 6.09 Å². The zero-order chi connectivity index (χ0) is 25.2. The first-order chi connectivity index (χ1) is 16.7. The van der Waals surface area contributed by atoms with Crippen LogP contribution in [-0.2, 0) is 23.7 Å². The first-order valence-corrected chi connectivity index (χ1v) is 12.8. The number of amides is 2. The Bertz CT molecular complexity index is 809. The highest BCUT2D eigenvalue weighted by molar-refractivity contribution is 5.78. The van der Waals surface area contributed by atoms with Crippen molar-refractivity contribution in [3.63, 3.8) is 0 Å². The molecule has 2 aliphatic heterocycles. The van der Waals surface area contributed by atoms with E-state index in [1.54, 1.807) is 7.11 Å². The van der Waals surface area contributed by atoms with Crippen molar-refractivity contribution in [2.45, 2.75) is 107 Å². The van der Waals surface area contributed by atoms with Gasteiger partial charge < -0.3 is 29.6 Å². The van der Waals surface area contributed by atoms with Gasteiger partial charge in [-0.1, -0.05) is 11.6 Å². The van der Waals surface area contributed by atoms with Crippen LogP contribution >= 0.6 is 0 Å². The summed E-state index contributed by atoms with van der Waals surface area (Å²) in [6.45, 7) is 6.63. The van der Waals surface area contributed by atoms with Gasteiger partial charge in [-0.15, -0.1) is 10.0 Å². The minimum absolute atomic E-state index is 0.00445. The van der Waals surface area contributed by atoms with Crippen LogP contribution in [0.2, 0.25) is 0 Å². The molecular formula is C25H40FN3O6. The number of methoxy groups -OCH3 is 1. The topological polar surface area (TPSA) is 114 Å². The van der Waals surface area contributed by atoms with Crippen molar-refractivity contribution < 1.29 is 33.0 Å². The maximum atomic E-state index is 12.8. The minimum Gasteiger partial charge on any atom is -0.443 e. The molecule has 4 rings (SSSR count). The Morgan fingerprint density at radius 2 is 1.77 bits per heavy atom. The highest BCUT2D eigenvalue weighted by Crippen LogP contribution is 2.59. The van der Waals surface area contributed by atoms with E-state index in [1.807, 2.05) is 0 Å². The van der Waals surface area contributed by atoms with E-state index in [0.29, 0.717) is 13.0 Å². The molecule has 6 atom stereocenters. The smallest absolute Gasteiger partial charge is 0.407 e. The molecule has 198 valence electrons. The van der Waals surface area contributed by atoms with E-state index in [4.69, 9.17) is 18.9 Å². The third-order valence-corrected chi connectivity index (χ3v) is 8.14. The molecule has 0 aromatic carbocycles. The summed E-state index contributed by atoms with van der Waals surface area (Å²) in [6.07, 6.45) is 6.38. The largest absolute Gasteiger partial charge is 0.443 e. The molecule has 2 saturated carbocycles. The highest BCUT2D eigenvalue weighted by Gasteiger charge is 2.72. The molecule has 3 N–H and O–H groups in total. The fourth-order valence-electron chi connectivity index (χ4n) is 6.13. The van der Waals surface area contributed by atoms with E-state index < -0.39 is 6.09 Å². The van der Waals surface area contributed by atoms with Crippen molar-refractivity contribution >= 4 is 12.0 Å². The molecule has 1 spiro atoms. The molecule has 35 heavy (non-hydrogen) atoms. The zero-order valence-electron chi connectivity index (χ0n) is 21.2. The number of carbonyl (C=O) groups excluding carboxylic acids is 2. The molecule has 9 nitrogen and oxygen atoms in total. The Kier molecular flexibility index (Phi) is 8.05. The lowest BCUT2D eigenvalue weighted by atomic mass is 9.68. The fourth-order valence-corrected chi connectivity index (χ4v) is 6.13. The van der Waals surface area contributed by atoms with Crippen LogP contribution in [0.5, 0.6) is 0 Å². The maximum Gasteiger partial charge on any atom is 0.407 e. The average Bonchev–Trinajstić information content (AvgIpc) is 3.72. The van der Waals surface area contributed by atoms with Crippen LogP contribution in [0, 0.1) is 5.92 Å². The first-order valence-electron chi connectivity index (χ1n) is 12.8. The van der Waals surface area contributed by atoms with Crippen LogP contribution in [0.3, 0.4) is 0 Å². The summed E-state index contributed by atoms with van der Waals surface area (Å²) in [4.78, 5) is 24.4. The summed E-state index contributed by atoms with van der Waals surface area (Å²) < 4.78 is 36.1. The second kappa shape index (κ2) is 10.7. The molecule has 0 aromatic heterocycles. The van der Waals surface area contributed by atoms with Crippen molar-refractivity contribution in [3.05, 3.63) is 11.6 Å². The van der Waals surface area contributed by atoms with E-state index >= 15 is 0 Å².